The predicted molar refractivity (Wildman–Crippen MR) is 198 cm³/mol. The summed E-state index contributed by atoms with van der Waals surface area (Å²) in [6, 6.07) is 18.1. The average Bonchev–Trinajstić information content (AvgIpc) is 3.18. The third-order valence-corrected chi connectivity index (χ3v) is 8.97. The van der Waals surface area contributed by atoms with Crippen molar-refractivity contribution in [1.29, 1.82) is 5.26 Å². The molecule has 274 valence electrons. The number of fused-ring (bicyclic) bond motifs is 6. The molecule has 16 heteroatoms. The van der Waals surface area contributed by atoms with Crippen molar-refractivity contribution in [3.8, 4) is 6.07 Å². The van der Waals surface area contributed by atoms with Crippen molar-refractivity contribution < 1.29 is 28.8 Å². The van der Waals surface area contributed by atoms with Gasteiger partial charge in [0.2, 0.25) is 5.91 Å². The number of hydrogen-bond donors (Lipinski definition) is 3. The van der Waals surface area contributed by atoms with Gasteiger partial charge in [-0.05, 0) is 24.3 Å². The summed E-state index contributed by atoms with van der Waals surface area (Å²) in [4.78, 5) is 50.8. The molecule has 0 aliphatic carbocycles. The van der Waals surface area contributed by atoms with Crippen LogP contribution in [0.15, 0.2) is 73.2 Å². The van der Waals surface area contributed by atoms with E-state index in [1.54, 1.807) is 42.7 Å². The number of piperazine rings is 6. The number of hydrogen-bond acceptors (Lipinski definition) is 8. The van der Waals surface area contributed by atoms with Crippen LogP contribution in [0.5, 0.6) is 0 Å². The van der Waals surface area contributed by atoms with Crippen LogP contribution in [0.1, 0.15) is 6.92 Å². The molecular weight excluding hydrogens is 693 g/mol. The van der Waals surface area contributed by atoms with E-state index in [-0.39, 0.29) is 29.5 Å². The molecule has 0 spiro atoms. The lowest BCUT2D eigenvalue weighted by Crippen LogP contribution is -2.68. The Bertz CT molecular complexity index is 1390. The summed E-state index contributed by atoms with van der Waals surface area (Å²) in [6.45, 7) is 16.7. The summed E-state index contributed by atoms with van der Waals surface area (Å²) in [6.07, 6.45) is 5.15. The highest BCUT2D eigenvalue weighted by Gasteiger charge is 2.40. The van der Waals surface area contributed by atoms with E-state index >= 15 is 0 Å². The van der Waals surface area contributed by atoms with Crippen molar-refractivity contribution >= 4 is 58.4 Å². The number of H-pyrrole nitrogens is 2. The van der Waals surface area contributed by atoms with Crippen molar-refractivity contribution in [2.24, 2.45) is 0 Å². The first-order chi connectivity index (χ1) is 24.8. The van der Waals surface area contributed by atoms with E-state index in [1.165, 1.54) is 46.2 Å². The predicted octanol–water partition coefficient (Wildman–Crippen LogP) is 1.67. The molecule has 6 fully saturated rings. The number of carbonyl (C=O) groups excluding carboxylic acids is 3. The van der Waals surface area contributed by atoms with E-state index < -0.39 is 0 Å². The monoisotopic (exact) mass is 742 g/mol. The molecule has 9 heterocycles. The number of carbonyl (C=O) groups is 3. The average molecular weight is 744 g/mol. The topological polar surface area (TPSA) is 162 Å². The van der Waals surface area contributed by atoms with Crippen LogP contribution < -0.4 is 25.9 Å². The number of pyridine rings is 3. The van der Waals surface area contributed by atoms with Crippen LogP contribution in [0.2, 0.25) is 0 Å². The lowest BCUT2D eigenvalue weighted by atomic mass is 10.1. The van der Waals surface area contributed by atoms with Crippen LogP contribution in [0.4, 0.5) is 17.5 Å². The minimum absolute atomic E-state index is 0.0251. The minimum Gasteiger partial charge on any atom is -0.311 e. The number of alkyl halides is 2. The number of anilines is 3. The van der Waals surface area contributed by atoms with Crippen LogP contribution in [0.3, 0.4) is 0 Å². The molecule has 3 aromatic rings. The number of halogens is 2. The van der Waals surface area contributed by atoms with Gasteiger partial charge < -0.3 is 9.80 Å². The van der Waals surface area contributed by atoms with E-state index in [1.807, 2.05) is 36.5 Å². The molecule has 5 N–H and O–H groups in total. The van der Waals surface area contributed by atoms with Crippen LogP contribution in [0.25, 0.3) is 0 Å². The third kappa shape index (κ3) is 16.1. The second kappa shape index (κ2) is 23.3. The van der Waals surface area contributed by atoms with E-state index in [4.69, 9.17) is 28.5 Å². The van der Waals surface area contributed by atoms with Gasteiger partial charge in [-0.25, -0.2) is 35.2 Å². The highest BCUT2D eigenvalue weighted by atomic mass is 35.5. The minimum atomic E-state index is -0.245. The fourth-order valence-corrected chi connectivity index (χ4v) is 5.85. The molecule has 0 unspecified atom stereocenters. The number of quaternary nitrogens is 1. The standard InChI is InChI=1S/C13H18N4O.2C7H7ClN2O.C6H12N2.C2H3N/c18-13(15-12-3-1-2-4-14-12)11-17-8-5-16(6-9-17)7-10-17;2*8-5-7(11)10-6-3-1-2-4-9-6;1-2-8-5-3-7(1)4-6-8;1-2-3/h1-4H,5-11H2;2*1-4H,5H2,(H,9,10,11);1-6H2;1H3/p+3. The molecule has 14 nitrogen and oxygen atoms in total. The van der Waals surface area contributed by atoms with Crippen molar-refractivity contribution in [2.45, 2.75) is 6.92 Å². The van der Waals surface area contributed by atoms with Gasteiger partial charge >= 0.3 is 11.8 Å². The summed E-state index contributed by atoms with van der Waals surface area (Å²) >= 11 is 10.5. The Kier molecular flexibility index (Phi) is 18.8. The summed E-state index contributed by atoms with van der Waals surface area (Å²) < 4.78 is 0.967. The Balaban J connectivity index is 0.000000186. The van der Waals surface area contributed by atoms with Crippen LogP contribution in [-0.4, -0.2) is 139 Å². The first-order valence-electron chi connectivity index (χ1n) is 17.0. The summed E-state index contributed by atoms with van der Waals surface area (Å²) in [5, 5.41) is 15.3. The molecule has 6 saturated heterocycles. The molecule has 3 aromatic heterocycles. The molecule has 0 radical (unpaired) electrons. The second-order valence-electron chi connectivity index (χ2n) is 12.1. The molecule has 0 aromatic carbocycles. The SMILES string of the molecule is C1CN2CCN1CC2.CC#N.O=C(CCl)Nc1cccc[nH+]1.O=C(CCl)Nc1ccccn1.O=C(C[N+]12CCN(CC1)CC2)Nc1cccc[nH+]1. The maximum atomic E-state index is 12.1. The van der Waals surface area contributed by atoms with Crippen LogP contribution >= 0.6 is 23.2 Å². The largest absolute Gasteiger partial charge is 0.362 e. The number of nitrogens with one attached hydrogen (secondary N) is 5. The lowest BCUT2D eigenvalue weighted by Gasteiger charge is -2.49. The maximum Gasteiger partial charge on any atom is 0.362 e. The fourth-order valence-electron chi connectivity index (χ4n) is 5.72. The molecular formula is C35H50Cl2N11O3+3. The Morgan fingerprint density at radius 3 is 1.53 bits per heavy atom. The number of aromatic amines is 2. The van der Waals surface area contributed by atoms with Gasteiger partial charge in [-0.2, -0.15) is 5.26 Å². The number of rotatable bonds is 7. The van der Waals surface area contributed by atoms with Gasteiger partial charge in [0.25, 0.3) is 11.6 Å². The molecule has 6 aliphatic heterocycles. The van der Waals surface area contributed by atoms with E-state index in [9.17, 15) is 14.4 Å². The van der Waals surface area contributed by atoms with E-state index in [0.29, 0.717) is 18.2 Å². The number of aromatic nitrogens is 3. The first-order valence-corrected chi connectivity index (χ1v) is 18.0. The van der Waals surface area contributed by atoms with E-state index in [2.05, 4.69) is 45.6 Å². The van der Waals surface area contributed by atoms with Crippen LogP contribution in [-0.2, 0) is 14.4 Å². The van der Waals surface area contributed by atoms with Crippen molar-refractivity contribution in [1.82, 2.24) is 19.7 Å². The Morgan fingerprint density at radius 2 is 1.14 bits per heavy atom. The Hall–Kier alpha value is -4.23. The normalized spacial score (nSPS) is 21.8. The van der Waals surface area contributed by atoms with E-state index in [0.717, 1.165) is 49.6 Å². The summed E-state index contributed by atoms with van der Waals surface area (Å²) in [5.41, 5.74) is 0. The summed E-state index contributed by atoms with van der Waals surface area (Å²) in [5.74, 6) is 1.54. The number of amides is 3. The van der Waals surface area contributed by atoms with Gasteiger partial charge in [-0.1, -0.05) is 18.2 Å². The maximum absolute atomic E-state index is 12.1. The number of nitrogens with zero attached hydrogens (tertiary/aromatic N) is 6. The van der Waals surface area contributed by atoms with Gasteiger partial charge in [0.1, 0.15) is 17.6 Å². The molecule has 51 heavy (non-hydrogen) atoms. The highest BCUT2D eigenvalue weighted by Crippen LogP contribution is 2.19. The zero-order valence-electron chi connectivity index (χ0n) is 29.2. The summed E-state index contributed by atoms with van der Waals surface area (Å²) in [7, 11) is 0. The third-order valence-electron chi connectivity index (χ3n) is 8.49. The molecule has 0 atom stereocenters. The smallest absolute Gasteiger partial charge is 0.311 e. The van der Waals surface area contributed by atoms with Gasteiger partial charge in [0.05, 0.1) is 38.1 Å². The first kappa shape index (κ1) is 41.2. The van der Waals surface area contributed by atoms with Crippen molar-refractivity contribution in [3.05, 3.63) is 73.2 Å². The van der Waals surface area contributed by atoms with Crippen molar-refractivity contribution in [2.75, 3.05) is 113 Å². The zero-order valence-corrected chi connectivity index (χ0v) is 30.7. The molecule has 0 saturated carbocycles. The highest BCUT2D eigenvalue weighted by molar-refractivity contribution is 6.29. The van der Waals surface area contributed by atoms with Crippen molar-refractivity contribution in [3.63, 3.8) is 0 Å². The lowest BCUT2D eigenvalue weighted by molar-refractivity contribution is -0.933. The second-order valence-corrected chi connectivity index (χ2v) is 12.6. The van der Waals surface area contributed by atoms with Gasteiger partial charge in [-0.3, -0.25) is 19.5 Å². The zero-order chi connectivity index (χ0) is 36.7. The Morgan fingerprint density at radius 1 is 0.706 bits per heavy atom. The Labute approximate surface area is 310 Å². The van der Waals surface area contributed by atoms with Gasteiger partial charge in [0, 0.05) is 84.2 Å². The van der Waals surface area contributed by atoms with Gasteiger partial charge in [0.15, 0.2) is 6.54 Å². The quantitative estimate of drug-likeness (QED) is 0.243. The molecule has 4 bridgehead atoms. The van der Waals surface area contributed by atoms with Gasteiger partial charge in [-0.15, -0.1) is 23.2 Å². The van der Waals surface area contributed by atoms with Crippen LogP contribution in [0, 0.1) is 11.3 Å². The molecule has 9 rings (SSSR count). The molecule has 3 amide bonds. The fraction of sp³-hybridized carbons (Fsp3) is 0.457. The molecule has 6 aliphatic rings. The number of nitriles is 1.